The molecule has 2 heterocycles. The number of ether oxygens (including phenoxy) is 1. The largest absolute Gasteiger partial charge is 0.485 e. The number of nitrogens with two attached hydrogens (primary N) is 1. The summed E-state index contributed by atoms with van der Waals surface area (Å²) in [5, 5.41) is 2.90. The number of carbonyl (C=O) groups is 1. The van der Waals surface area contributed by atoms with Gasteiger partial charge in [0, 0.05) is 43.2 Å². The summed E-state index contributed by atoms with van der Waals surface area (Å²) in [6.07, 6.45) is 5.17. The molecular formula is C27H28Cl4N4O2S. The first kappa shape index (κ1) is 27.8. The van der Waals surface area contributed by atoms with Gasteiger partial charge in [-0.15, -0.1) is 11.3 Å². The van der Waals surface area contributed by atoms with Crippen LogP contribution >= 0.6 is 57.7 Å². The second kappa shape index (κ2) is 12.2. The van der Waals surface area contributed by atoms with Gasteiger partial charge >= 0.3 is 0 Å². The quantitative estimate of drug-likeness (QED) is 0.275. The van der Waals surface area contributed by atoms with Gasteiger partial charge in [-0.3, -0.25) is 4.79 Å². The van der Waals surface area contributed by atoms with Crippen LogP contribution < -0.4 is 15.4 Å². The van der Waals surface area contributed by atoms with E-state index in [-0.39, 0.29) is 30.5 Å². The van der Waals surface area contributed by atoms with E-state index in [1.807, 2.05) is 23.2 Å². The summed E-state index contributed by atoms with van der Waals surface area (Å²) in [6.45, 7) is 2.19. The fourth-order valence-electron chi connectivity index (χ4n) is 4.67. The van der Waals surface area contributed by atoms with Crippen molar-refractivity contribution in [1.29, 1.82) is 0 Å². The van der Waals surface area contributed by atoms with E-state index in [1.165, 1.54) is 0 Å². The Bertz CT molecular complexity index is 1280. The Hall–Kier alpha value is -1.74. The number of carbonyl (C=O) groups excluding carboxylic acids is 1. The van der Waals surface area contributed by atoms with Crippen LogP contribution in [0.5, 0.6) is 5.75 Å². The fraction of sp³-hybridized carbons (Fsp3) is 0.407. The Kier molecular flexibility index (Phi) is 8.92. The summed E-state index contributed by atoms with van der Waals surface area (Å²) in [5.74, 6) is 0.234. The van der Waals surface area contributed by atoms with E-state index in [0.29, 0.717) is 45.4 Å². The Morgan fingerprint density at radius 3 is 2.53 bits per heavy atom. The molecule has 1 saturated heterocycles. The first-order valence-electron chi connectivity index (χ1n) is 12.6. The first-order valence-corrected chi connectivity index (χ1v) is 14.9. The number of halogens is 4. The van der Waals surface area contributed by atoms with Crippen molar-refractivity contribution in [2.45, 2.75) is 44.4 Å². The van der Waals surface area contributed by atoms with E-state index in [9.17, 15) is 4.79 Å². The molecule has 0 spiro atoms. The van der Waals surface area contributed by atoms with E-state index in [2.05, 4.69) is 9.88 Å². The Balaban J connectivity index is 1.22. The van der Waals surface area contributed by atoms with Gasteiger partial charge in [-0.05, 0) is 43.0 Å². The number of anilines is 1. The third-order valence-corrected chi connectivity index (χ3v) is 9.42. The first-order chi connectivity index (χ1) is 18.3. The van der Waals surface area contributed by atoms with Crippen molar-refractivity contribution in [1.82, 2.24) is 9.88 Å². The summed E-state index contributed by atoms with van der Waals surface area (Å²) in [5.41, 5.74) is 6.96. The highest BCUT2D eigenvalue weighted by atomic mass is 35.5. The normalized spacial score (nSPS) is 18.0. The molecule has 2 fully saturated rings. The van der Waals surface area contributed by atoms with Gasteiger partial charge in [-0.2, -0.15) is 0 Å². The van der Waals surface area contributed by atoms with Crippen molar-refractivity contribution in [3.05, 3.63) is 73.1 Å². The molecule has 202 valence electrons. The zero-order valence-electron chi connectivity index (χ0n) is 20.6. The number of aromatic nitrogens is 1. The third kappa shape index (κ3) is 6.35. The summed E-state index contributed by atoms with van der Waals surface area (Å²) in [7, 11) is 0. The molecular weight excluding hydrogens is 586 g/mol. The molecule has 2 atom stereocenters. The third-order valence-electron chi connectivity index (χ3n) is 6.88. The van der Waals surface area contributed by atoms with E-state index >= 15 is 0 Å². The van der Waals surface area contributed by atoms with Crippen LogP contribution in [0.4, 0.5) is 5.13 Å². The maximum Gasteiger partial charge on any atom is 0.227 e. The van der Waals surface area contributed by atoms with Crippen LogP contribution in [0.3, 0.4) is 0 Å². The predicted molar refractivity (Wildman–Crippen MR) is 156 cm³/mol. The van der Waals surface area contributed by atoms with Gasteiger partial charge in [-0.25, -0.2) is 4.98 Å². The van der Waals surface area contributed by atoms with Gasteiger partial charge < -0.3 is 20.3 Å². The van der Waals surface area contributed by atoms with Crippen molar-refractivity contribution >= 4 is 68.8 Å². The standard InChI is InChI=1S/C27H28Cl4N4O2S/c28-21-4-1-3-16(24(21)31)14-35(18-7-8-18)26(36)17(12-32)11-20-13-33-27(38-20)34-10-9-19(15-34)37-25-22(29)5-2-6-23(25)30/h1-6,13,17-19H,7-12,14-15,32H2/t17-,19-/m1/s1. The average molecular weight is 614 g/mol. The van der Waals surface area contributed by atoms with Crippen LogP contribution in [0.25, 0.3) is 0 Å². The van der Waals surface area contributed by atoms with Gasteiger partial charge in [0.15, 0.2) is 10.9 Å². The zero-order chi connectivity index (χ0) is 26.8. The number of rotatable bonds is 10. The topological polar surface area (TPSA) is 71.7 Å². The van der Waals surface area contributed by atoms with E-state index in [1.54, 1.807) is 35.6 Å². The number of amides is 1. The molecule has 2 aromatic carbocycles. The molecule has 11 heteroatoms. The lowest BCUT2D eigenvalue weighted by Gasteiger charge is -2.27. The van der Waals surface area contributed by atoms with E-state index in [0.717, 1.165) is 41.4 Å². The maximum atomic E-state index is 13.6. The molecule has 6 nitrogen and oxygen atoms in total. The van der Waals surface area contributed by atoms with Crippen molar-refractivity contribution < 1.29 is 9.53 Å². The van der Waals surface area contributed by atoms with Gasteiger partial charge in [-0.1, -0.05) is 64.6 Å². The van der Waals surface area contributed by atoms with Gasteiger partial charge in [0.1, 0.15) is 6.10 Å². The van der Waals surface area contributed by atoms with Crippen LogP contribution in [0.1, 0.15) is 29.7 Å². The molecule has 2 N–H and O–H groups in total. The van der Waals surface area contributed by atoms with Crippen LogP contribution in [-0.2, 0) is 17.8 Å². The number of para-hydroxylation sites is 1. The molecule has 5 rings (SSSR count). The summed E-state index contributed by atoms with van der Waals surface area (Å²) >= 11 is 26.8. The van der Waals surface area contributed by atoms with E-state index in [4.69, 9.17) is 56.9 Å². The maximum absolute atomic E-state index is 13.6. The van der Waals surface area contributed by atoms with Crippen molar-refractivity contribution in [2.75, 3.05) is 24.5 Å². The SMILES string of the molecule is NC[C@@H](Cc1cnc(N2CC[C@@H](Oc3c(Cl)cccc3Cl)C2)s1)C(=O)N(Cc1cccc(Cl)c1Cl)C1CC1. The molecule has 0 unspecified atom stereocenters. The number of benzene rings is 2. The molecule has 38 heavy (non-hydrogen) atoms. The summed E-state index contributed by atoms with van der Waals surface area (Å²) in [4.78, 5) is 23.4. The lowest BCUT2D eigenvalue weighted by atomic mass is 10.0. The van der Waals surface area contributed by atoms with Crippen LogP contribution in [-0.4, -0.2) is 47.6 Å². The Labute approximate surface area is 246 Å². The highest BCUT2D eigenvalue weighted by Gasteiger charge is 2.36. The van der Waals surface area contributed by atoms with Crippen molar-refractivity contribution in [3.63, 3.8) is 0 Å². The number of nitrogens with zero attached hydrogens (tertiary/aromatic N) is 3. The highest BCUT2D eigenvalue weighted by Crippen LogP contribution is 2.36. The second-order valence-corrected chi connectivity index (χ2v) is 12.4. The molecule has 0 bridgehead atoms. The molecule has 2 aliphatic rings. The molecule has 1 aromatic heterocycles. The molecule has 1 saturated carbocycles. The summed E-state index contributed by atoms with van der Waals surface area (Å²) in [6, 6.07) is 11.1. The minimum absolute atomic E-state index is 0.0384. The minimum Gasteiger partial charge on any atom is -0.485 e. The summed E-state index contributed by atoms with van der Waals surface area (Å²) < 4.78 is 6.11. The van der Waals surface area contributed by atoms with Gasteiger partial charge in [0.2, 0.25) is 5.91 Å². The lowest BCUT2D eigenvalue weighted by Crippen LogP contribution is -2.41. The number of hydrogen-bond acceptors (Lipinski definition) is 6. The average Bonchev–Trinajstić information content (AvgIpc) is 3.45. The van der Waals surface area contributed by atoms with Gasteiger partial charge in [0.05, 0.1) is 32.6 Å². The second-order valence-electron chi connectivity index (χ2n) is 9.68. The Morgan fingerprint density at radius 1 is 1.11 bits per heavy atom. The molecule has 3 aromatic rings. The smallest absolute Gasteiger partial charge is 0.227 e. The molecule has 1 aliphatic carbocycles. The van der Waals surface area contributed by atoms with Gasteiger partial charge in [0.25, 0.3) is 0 Å². The van der Waals surface area contributed by atoms with Crippen molar-refractivity contribution in [2.24, 2.45) is 11.7 Å². The highest BCUT2D eigenvalue weighted by molar-refractivity contribution is 7.15. The molecule has 1 aliphatic heterocycles. The Morgan fingerprint density at radius 2 is 1.82 bits per heavy atom. The molecule has 0 radical (unpaired) electrons. The predicted octanol–water partition coefficient (Wildman–Crippen LogP) is 6.72. The monoisotopic (exact) mass is 612 g/mol. The molecule has 1 amide bonds. The van der Waals surface area contributed by atoms with Crippen LogP contribution in [0, 0.1) is 5.92 Å². The van der Waals surface area contributed by atoms with Crippen LogP contribution in [0.15, 0.2) is 42.6 Å². The van der Waals surface area contributed by atoms with E-state index < -0.39 is 0 Å². The number of hydrogen-bond donors (Lipinski definition) is 1. The lowest BCUT2D eigenvalue weighted by molar-refractivity contribution is -0.136. The van der Waals surface area contributed by atoms with Crippen LogP contribution in [0.2, 0.25) is 20.1 Å². The fourth-order valence-corrected chi connectivity index (χ4v) is 6.56. The minimum atomic E-state index is -0.334. The van der Waals surface area contributed by atoms with Crippen molar-refractivity contribution in [3.8, 4) is 5.75 Å². The number of thiazole rings is 1. The zero-order valence-corrected chi connectivity index (χ0v) is 24.4.